The van der Waals surface area contributed by atoms with Crippen LogP contribution in [0.2, 0.25) is 0 Å². The number of nitriles is 1. The molecule has 13 unspecified atom stereocenters. The molecule has 0 N–H and O–H groups in total. The summed E-state index contributed by atoms with van der Waals surface area (Å²) >= 11 is 0. The fourth-order valence-electron chi connectivity index (χ4n) is 13.9. The molecule has 1 heteroatoms. The molecule has 0 bridgehead atoms. The van der Waals surface area contributed by atoms with Gasteiger partial charge in [0.05, 0.1) is 6.07 Å². The quantitative estimate of drug-likeness (QED) is 0.136. The van der Waals surface area contributed by atoms with E-state index in [0.717, 1.165) is 83.4 Å². The zero-order valence-electron chi connectivity index (χ0n) is 38.7. The summed E-state index contributed by atoms with van der Waals surface area (Å²) < 4.78 is 0. The Hall–Kier alpha value is -0.770. The van der Waals surface area contributed by atoms with Crippen LogP contribution >= 0.6 is 0 Å². The van der Waals surface area contributed by atoms with Gasteiger partial charge < -0.3 is 0 Å². The second-order valence-corrected chi connectivity index (χ2v) is 21.1. The molecule has 13 atom stereocenters. The van der Waals surface area contributed by atoms with Crippen LogP contribution < -0.4 is 0 Å². The zero-order chi connectivity index (χ0) is 39.7. The van der Waals surface area contributed by atoms with Gasteiger partial charge in [-0.3, -0.25) is 0 Å². The van der Waals surface area contributed by atoms with Crippen molar-refractivity contribution in [3.63, 3.8) is 0 Å². The normalized spacial score (nSPS) is 36.9. The van der Waals surface area contributed by atoms with E-state index in [1.54, 1.807) is 0 Å². The molecule has 0 heterocycles. The Kier molecular flexibility index (Phi) is 21.9. The van der Waals surface area contributed by atoms with Crippen molar-refractivity contribution in [3.8, 4) is 6.07 Å². The molecule has 0 aromatic heterocycles. The smallest absolute Gasteiger partial charge is 0.0655 e. The Labute approximate surface area is 340 Å². The molecule has 5 fully saturated rings. The second-order valence-electron chi connectivity index (χ2n) is 21.1. The van der Waals surface area contributed by atoms with Crippen molar-refractivity contribution in [1.29, 1.82) is 5.26 Å². The van der Waals surface area contributed by atoms with Gasteiger partial charge in [-0.05, 0) is 153 Å². The lowest BCUT2D eigenvalue weighted by Crippen LogP contribution is -2.47. The van der Waals surface area contributed by atoms with Gasteiger partial charge >= 0.3 is 0 Å². The van der Waals surface area contributed by atoms with Crippen LogP contribution in [-0.2, 0) is 0 Å². The summed E-state index contributed by atoms with van der Waals surface area (Å²) in [4.78, 5) is 0. The van der Waals surface area contributed by atoms with E-state index in [1.165, 1.54) is 148 Å². The van der Waals surface area contributed by atoms with Gasteiger partial charge in [0.25, 0.3) is 0 Å². The first kappa shape index (κ1) is 47.6. The highest BCUT2D eigenvalue weighted by Gasteiger charge is 2.50. The molecular formula is C53H97N. The van der Waals surface area contributed by atoms with E-state index in [0.29, 0.717) is 11.3 Å². The fourth-order valence-corrected chi connectivity index (χ4v) is 13.9. The Morgan fingerprint density at radius 1 is 0.741 bits per heavy atom. The van der Waals surface area contributed by atoms with Crippen molar-refractivity contribution in [2.75, 3.05) is 0 Å². The molecule has 0 saturated heterocycles. The highest BCUT2D eigenvalue weighted by atomic mass is 14.6. The minimum Gasteiger partial charge on any atom is -0.198 e. The third-order valence-corrected chi connectivity index (χ3v) is 16.7. The molecule has 1 nitrogen and oxygen atoms in total. The topological polar surface area (TPSA) is 23.8 Å². The van der Waals surface area contributed by atoms with Crippen molar-refractivity contribution >= 4 is 0 Å². The highest BCUT2D eigenvalue weighted by molar-refractivity contribution is 5.02. The average Bonchev–Trinajstić information content (AvgIpc) is 3.17. The van der Waals surface area contributed by atoms with Crippen molar-refractivity contribution < 1.29 is 0 Å². The Bertz CT molecular complexity index is 1040. The summed E-state index contributed by atoms with van der Waals surface area (Å²) in [5, 5.41) is 9.97. The first-order valence-electron chi connectivity index (χ1n) is 25.1. The van der Waals surface area contributed by atoms with Crippen molar-refractivity contribution in [3.05, 3.63) is 12.2 Å². The van der Waals surface area contributed by atoms with Gasteiger partial charge in [-0.1, -0.05) is 172 Å². The third-order valence-electron chi connectivity index (χ3n) is 16.7. The summed E-state index contributed by atoms with van der Waals surface area (Å²) in [5.74, 6) is 11.5. The number of hydrogen-bond donors (Lipinski definition) is 0. The van der Waals surface area contributed by atoms with Gasteiger partial charge in [-0.15, -0.1) is 0 Å². The Morgan fingerprint density at radius 3 is 2.09 bits per heavy atom. The van der Waals surface area contributed by atoms with Crippen LogP contribution in [0.4, 0.5) is 0 Å². The minimum atomic E-state index is 0.308. The van der Waals surface area contributed by atoms with Crippen LogP contribution in [-0.4, -0.2) is 0 Å². The van der Waals surface area contributed by atoms with E-state index in [9.17, 15) is 5.26 Å². The fraction of sp³-hybridized carbons (Fsp3) is 0.943. The zero-order valence-corrected chi connectivity index (χ0v) is 38.7. The largest absolute Gasteiger partial charge is 0.198 e. The van der Waals surface area contributed by atoms with Gasteiger partial charge in [0.2, 0.25) is 0 Å². The van der Waals surface area contributed by atoms with Crippen LogP contribution in [0.25, 0.3) is 0 Å². The average molecular weight is 748 g/mol. The monoisotopic (exact) mass is 748 g/mol. The molecular weight excluding hydrogens is 651 g/mol. The predicted octanol–water partition coefficient (Wildman–Crippen LogP) is 17.3. The molecule has 5 aliphatic carbocycles. The van der Waals surface area contributed by atoms with Crippen molar-refractivity contribution in [2.24, 2.45) is 88.3 Å². The van der Waals surface area contributed by atoms with Crippen LogP contribution in [0.5, 0.6) is 0 Å². The van der Waals surface area contributed by atoms with Gasteiger partial charge in [-0.25, -0.2) is 0 Å². The van der Waals surface area contributed by atoms with Crippen LogP contribution in [0, 0.1) is 99.6 Å². The standard InChI is InChI=1S/C43H73N.C8H18.C2H6/c1-7-37(38-19-10-9-15-32(38)4)31(3)16-13-18-34-21-22-41(43(6)23-11-8-12-24-43)40(28-34)42-33(5)17-14-20-39(42)36-26-30(2)25-35(27-36)29-44;1-4-5-6-7-8(2)3;1-2/h13,16,30-42H,7-12,14-15,17-28H2,1-6H3;8H,4-7H2,1-3H3;1-2H3/b16-13-;;. The summed E-state index contributed by atoms with van der Waals surface area (Å²) in [6.07, 6.45) is 39.4. The third kappa shape index (κ3) is 14.0. The van der Waals surface area contributed by atoms with E-state index in [4.69, 9.17) is 0 Å². The summed E-state index contributed by atoms with van der Waals surface area (Å²) in [5.41, 5.74) is 0.569. The van der Waals surface area contributed by atoms with E-state index >= 15 is 0 Å². The van der Waals surface area contributed by atoms with E-state index < -0.39 is 0 Å². The molecule has 5 rings (SSSR count). The summed E-state index contributed by atoms with van der Waals surface area (Å²) in [7, 11) is 0. The van der Waals surface area contributed by atoms with Crippen LogP contribution in [0.3, 0.4) is 0 Å². The van der Waals surface area contributed by atoms with Crippen molar-refractivity contribution in [1.82, 2.24) is 0 Å². The number of allylic oxidation sites excluding steroid dienone is 2. The highest BCUT2D eigenvalue weighted by Crippen LogP contribution is 2.59. The molecule has 0 aromatic carbocycles. The molecule has 0 radical (unpaired) electrons. The van der Waals surface area contributed by atoms with Crippen molar-refractivity contribution in [2.45, 2.75) is 230 Å². The van der Waals surface area contributed by atoms with E-state index in [-0.39, 0.29) is 0 Å². The van der Waals surface area contributed by atoms with Crippen LogP contribution in [0.15, 0.2) is 12.2 Å². The van der Waals surface area contributed by atoms with E-state index in [1.807, 2.05) is 13.8 Å². The van der Waals surface area contributed by atoms with Gasteiger partial charge in [0, 0.05) is 5.92 Å². The lowest BCUT2D eigenvalue weighted by atomic mass is 9.49. The molecule has 5 saturated carbocycles. The van der Waals surface area contributed by atoms with Gasteiger partial charge in [0.1, 0.15) is 0 Å². The predicted molar refractivity (Wildman–Crippen MR) is 239 cm³/mol. The maximum atomic E-state index is 9.97. The lowest BCUT2D eigenvalue weighted by Gasteiger charge is -2.55. The number of hydrogen-bond acceptors (Lipinski definition) is 1. The maximum Gasteiger partial charge on any atom is 0.0655 e. The van der Waals surface area contributed by atoms with Crippen LogP contribution in [0.1, 0.15) is 230 Å². The molecule has 314 valence electrons. The molecule has 54 heavy (non-hydrogen) atoms. The number of rotatable bonds is 13. The maximum absolute atomic E-state index is 9.97. The first-order chi connectivity index (χ1) is 26.0. The summed E-state index contributed by atoms with van der Waals surface area (Å²) in [6.45, 7) is 26.2. The van der Waals surface area contributed by atoms with Gasteiger partial charge in [-0.2, -0.15) is 5.26 Å². The second kappa shape index (κ2) is 24.9. The molecule has 0 amide bonds. The number of nitrogens with zero attached hydrogens (tertiary/aromatic N) is 1. The Morgan fingerprint density at radius 2 is 1.44 bits per heavy atom. The Balaban J connectivity index is 0.000000696. The molecule has 0 aliphatic heterocycles. The molecule has 0 spiro atoms. The van der Waals surface area contributed by atoms with E-state index in [2.05, 4.69) is 80.5 Å². The molecule has 5 aliphatic rings. The van der Waals surface area contributed by atoms with Gasteiger partial charge in [0.15, 0.2) is 0 Å². The first-order valence-corrected chi connectivity index (χ1v) is 25.1. The summed E-state index contributed by atoms with van der Waals surface area (Å²) in [6, 6.07) is 2.74. The molecule has 0 aromatic rings. The minimum absolute atomic E-state index is 0.308. The SMILES string of the molecule is CC.CCC(C(C)/C=C\CC1CCC(C2(C)CCCCC2)C(C2C(C)CCCC2C2CC(C)CC(C#N)C2)C1)C1CCCCC1C.CCCCCC(C)C. The number of unbranched alkanes of at least 4 members (excludes halogenated alkanes) is 2. The lowest BCUT2D eigenvalue weighted by molar-refractivity contribution is -0.0605.